The Hall–Kier alpha value is -3.10. The summed E-state index contributed by atoms with van der Waals surface area (Å²) in [7, 11) is 0. The summed E-state index contributed by atoms with van der Waals surface area (Å²) >= 11 is 5.92. The molecule has 2 aromatic rings. The molecule has 5 rings (SSSR count). The van der Waals surface area contributed by atoms with Crippen molar-refractivity contribution in [1.29, 1.82) is 0 Å². The van der Waals surface area contributed by atoms with Crippen molar-refractivity contribution in [2.75, 3.05) is 37.7 Å². The van der Waals surface area contributed by atoms with E-state index in [9.17, 15) is 14.4 Å². The van der Waals surface area contributed by atoms with Gasteiger partial charge in [0.05, 0.1) is 18.2 Å². The number of carbonyl (C=O) groups is 3. The Bertz CT molecular complexity index is 1050. The van der Waals surface area contributed by atoms with Crippen LogP contribution in [-0.2, 0) is 14.4 Å². The fourth-order valence-electron chi connectivity index (χ4n) is 4.36. The van der Waals surface area contributed by atoms with Crippen molar-refractivity contribution in [3.63, 3.8) is 0 Å². The van der Waals surface area contributed by atoms with Gasteiger partial charge in [-0.05, 0) is 36.4 Å². The van der Waals surface area contributed by atoms with Gasteiger partial charge in [-0.15, -0.1) is 0 Å². The number of anilines is 1. The molecular formula is C23H22ClN3O5. The standard InChI is InChI=1S/C23H22ClN3O5/c24-15-5-7-16(8-6-15)27-21(28)13-17(22(27)29)25-9-11-26(12-10-25)23(30)20-14-31-18-3-1-2-4-19(18)32-20/h1-8,17,20H,9-14H2. The van der Waals surface area contributed by atoms with E-state index < -0.39 is 12.1 Å². The van der Waals surface area contributed by atoms with Crippen molar-refractivity contribution in [3.05, 3.63) is 53.6 Å². The summed E-state index contributed by atoms with van der Waals surface area (Å²) in [5.41, 5.74) is 0.524. The number of halogens is 1. The van der Waals surface area contributed by atoms with Crippen LogP contribution in [0.4, 0.5) is 5.69 Å². The summed E-state index contributed by atoms with van der Waals surface area (Å²) in [6.07, 6.45) is -0.558. The van der Waals surface area contributed by atoms with E-state index in [0.717, 1.165) is 0 Å². The molecule has 0 aromatic heterocycles. The van der Waals surface area contributed by atoms with E-state index in [2.05, 4.69) is 0 Å². The van der Waals surface area contributed by atoms with Gasteiger partial charge >= 0.3 is 0 Å². The number of carbonyl (C=O) groups excluding carboxylic acids is 3. The minimum atomic E-state index is -0.688. The maximum atomic E-state index is 13.0. The molecule has 0 N–H and O–H groups in total. The van der Waals surface area contributed by atoms with Crippen LogP contribution >= 0.6 is 11.6 Å². The van der Waals surface area contributed by atoms with E-state index in [-0.39, 0.29) is 30.7 Å². The first-order chi connectivity index (χ1) is 15.5. The molecule has 0 radical (unpaired) electrons. The van der Waals surface area contributed by atoms with Gasteiger partial charge < -0.3 is 14.4 Å². The van der Waals surface area contributed by atoms with Crippen LogP contribution in [0.2, 0.25) is 5.02 Å². The summed E-state index contributed by atoms with van der Waals surface area (Å²) in [5.74, 6) is 0.602. The average Bonchev–Trinajstić information content (AvgIpc) is 3.12. The fourth-order valence-corrected chi connectivity index (χ4v) is 4.49. The van der Waals surface area contributed by atoms with Gasteiger partial charge in [0.2, 0.25) is 12.0 Å². The second-order valence-corrected chi connectivity index (χ2v) is 8.43. The van der Waals surface area contributed by atoms with Gasteiger partial charge in [0.15, 0.2) is 11.5 Å². The molecule has 3 amide bonds. The molecule has 2 atom stereocenters. The number of imide groups is 1. The highest BCUT2D eigenvalue weighted by Gasteiger charge is 2.44. The topological polar surface area (TPSA) is 79.4 Å². The average molecular weight is 456 g/mol. The fraction of sp³-hybridized carbons (Fsp3) is 0.348. The number of hydrogen-bond acceptors (Lipinski definition) is 6. The van der Waals surface area contributed by atoms with Gasteiger partial charge in [0.1, 0.15) is 6.61 Å². The summed E-state index contributed by atoms with van der Waals surface area (Å²) in [4.78, 5) is 43.4. The molecule has 0 aliphatic carbocycles. The molecule has 3 aliphatic rings. The van der Waals surface area contributed by atoms with Crippen molar-refractivity contribution in [2.45, 2.75) is 18.6 Å². The van der Waals surface area contributed by atoms with E-state index in [4.69, 9.17) is 21.1 Å². The van der Waals surface area contributed by atoms with Crippen molar-refractivity contribution in [3.8, 4) is 11.5 Å². The summed E-state index contributed by atoms with van der Waals surface area (Å²) in [5, 5.41) is 0.543. The molecule has 8 nitrogen and oxygen atoms in total. The zero-order chi connectivity index (χ0) is 22.2. The third-order valence-corrected chi connectivity index (χ3v) is 6.31. The third kappa shape index (κ3) is 3.80. The first kappa shape index (κ1) is 20.8. The highest BCUT2D eigenvalue weighted by molar-refractivity contribution is 6.30. The van der Waals surface area contributed by atoms with Crippen LogP contribution in [0, 0.1) is 0 Å². The number of ether oxygens (including phenoxy) is 2. The van der Waals surface area contributed by atoms with Crippen LogP contribution in [0.1, 0.15) is 6.42 Å². The Labute approximate surface area is 190 Å². The largest absolute Gasteiger partial charge is 0.485 e. The first-order valence-electron chi connectivity index (χ1n) is 10.5. The molecule has 2 aromatic carbocycles. The highest BCUT2D eigenvalue weighted by Crippen LogP contribution is 2.32. The molecule has 3 heterocycles. The Morgan fingerprint density at radius 3 is 2.34 bits per heavy atom. The zero-order valence-corrected chi connectivity index (χ0v) is 18.0. The molecule has 166 valence electrons. The number of hydrogen-bond donors (Lipinski definition) is 0. The quantitative estimate of drug-likeness (QED) is 0.658. The number of amides is 3. The van der Waals surface area contributed by atoms with Crippen molar-refractivity contribution < 1.29 is 23.9 Å². The number of nitrogens with zero attached hydrogens (tertiary/aromatic N) is 3. The van der Waals surface area contributed by atoms with Crippen LogP contribution in [0.5, 0.6) is 11.5 Å². The van der Waals surface area contributed by atoms with Crippen LogP contribution < -0.4 is 14.4 Å². The van der Waals surface area contributed by atoms with Gasteiger partial charge in [-0.25, -0.2) is 4.90 Å². The molecule has 2 fully saturated rings. The van der Waals surface area contributed by atoms with E-state index >= 15 is 0 Å². The monoisotopic (exact) mass is 455 g/mol. The molecule has 9 heteroatoms. The Balaban J connectivity index is 1.20. The number of benzene rings is 2. The first-order valence-corrected chi connectivity index (χ1v) is 10.9. The van der Waals surface area contributed by atoms with E-state index in [1.807, 2.05) is 23.1 Å². The number of fused-ring (bicyclic) bond motifs is 1. The van der Waals surface area contributed by atoms with Crippen molar-refractivity contribution >= 4 is 35.0 Å². The van der Waals surface area contributed by atoms with Crippen LogP contribution in [0.3, 0.4) is 0 Å². The summed E-state index contributed by atoms with van der Waals surface area (Å²) in [6, 6.07) is 13.4. The maximum Gasteiger partial charge on any atom is 0.267 e. The minimum absolute atomic E-state index is 0.129. The van der Waals surface area contributed by atoms with Gasteiger partial charge in [0, 0.05) is 31.2 Å². The predicted molar refractivity (Wildman–Crippen MR) is 117 cm³/mol. The van der Waals surface area contributed by atoms with Gasteiger partial charge in [-0.2, -0.15) is 0 Å². The van der Waals surface area contributed by atoms with E-state index in [1.54, 1.807) is 35.2 Å². The molecule has 32 heavy (non-hydrogen) atoms. The predicted octanol–water partition coefficient (Wildman–Crippen LogP) is 1.96. The number of para-hydroxylation sites is 2. The normalized spacial score (nSPS) is 23.5. The lowest BCUT2D eigenvalue weighted by Gasteiger charge is -2.38. The highest BCUT2D eigenvalue weighted by atomic mass is 35.5. The zero-order valence-electron chi connectivity index (χ0n) is 17.3. The smallest absolute Gasteiger partial charge is 0.267 e. The van der Waals surface area contributed by atoms with Crippen molar-refractivity contribution in [2.24, 2.45) is 0 Å². The molecule has 2 saturated heterocycles. The van der Waals surface area contributed by atoms with Crippen LogP contribution in [0.15, 0.2) is 48.5 Å². The second-order valence-electron chi connectivity index (χ2n) is 7.99. The second kappa shape index (κ2) is 8.44. The van der Waals surface area contributed by atoms with Crippen molar-refractivity contribution in [1.82, 2.24) is 9.80 Å². The van der Waals surface area contributed by atoms with E-state index in [0.29, 0.717) is 48.4 Å². The SMILES string of the molecule is O=C(C1COc2ccccc2O1)N1CCN(C2CC(=O)N(c3ccc(Cl)cc3)C2=O)CC1. The molecule has 0 saturated carbocycles. The summed E-state index contributed by atoms with van der Waals surface area (Å²) < 4.78 is 11.5. The minimum Gasteiger partial charge on any atom is -0.485 e. The molecule has 0 bridgehead atoms. The lowest BCUT2D eigenvalue weighted by Crippen LogP contribution is -2.57. The van der Waals surface area contributed by atoms with Gasteiger partial charge in [-0.3, -0.25) is 19.3 Å². The molecule has 3 aliphatic heterocycles. The Morgan fingerprint density at radius 1 is 0.938 bits per heavy atom. The Morgan fingerprint density at radius 2 is 1.62 bits per heavy atom. The molecule has 0 spiro atoms. The summed E-state index contributed by atoms with van der Waals surface area (Å²) in [6.45, 7) is 2.10. The van der Waals surface area contributed by atoms with Gasteiger partial charge in [-0.1, -0.05) is 23.7 Å². The molecular weight excluding hydrogens is 434 g/mol. The lowest BCUT2D eigenvalue weighted by molar-refractivity contribution is -0.143. The van der Waals surface area contributed by atoms with Crippen LogP contribution in [-0.4, -0.2) is 72.5 Å². The maximum absolute atomic E-state index is 13.0. The Kier molecular flexibility index (Phi) is 5.48. The molecule has 2 unspecified atom stereocenters. The third-order valence-electron chi connectivity index (χ3n) is 6.06. The van der Waals surface area contributed by atoms with Gasteiger partial charge in [0.25, 0.3) is 11.8 Å². The number of piperazine rings is 1. The number of rotatable bonds is 3. The lowest BCUT2D eigenvalue weighted by atomic mass is 10.1. The van der Waals surface area contributed by atoms with E-state index in [1.165, 1.54) is 4.90 Å². The van der Waals surface area contributed by atoms with Crippen LogP contribution in [0.25, 0.3) is 0 Å².